The molecule has 0 saturated carbocycles. The molecule has 3 rings (SSSR count). The van der Waals surface area contributed by atoms with E-state index >= 15 is 0 Å². The van der Waals surface area contributed by atoms with Gasteiger partial charge in [-0.2, -0.15) is 0 Å². The van der Waals surface area contributed by atoms with E-state index in [4.69, 9.17) is 5.73 Å². The van der Waals surface area contributed by atoms with Gasteiger partial charge in [-0.3, -0.25) is 9.52 Å². The number of amides is 1. The van der Waals surface area contributed by atoms with Crippen LogP contribution in [-0.4, -0.2) is 29.4 Å². The second kappa shape index (κ2) is 6.34. The smallest absolute Gasteiger partial charge is 0.261 e. The molecule has 9 heteroatoms. The second-order valence-electron chi connectivity index (χ2n) is 6.17. The van der Waals surface area contributed by atoms with Crippen molar-refractivity contribution in [3.63, 3.8) is 0 Å². The highest BCUT2D eigenvalue weighted by Crippen LogP contribution is 2.32. The zero-order valence-corrected chi connectivity index (χ0v) is 15.0. The average Bonchev–Trinajstić information content (AvgIpc) is 3.01. The quantitative estimate of drug-likeness (QED) is 0.543. The van der Waals surface area contributed by atoms with Gasteiger partial charge in [0.25, 0.3) is 15.9 Å². The summed E-state index contributed by atoms with van der Waals surface area (Å²) < 4.78 is 28.0. The summed E-state index contributed by atoms with van der Waals surface area (Å²) in [6, 6.07) is 7.28. The van der Waals surface area contributed by atoms with Crippen molar-refractivity contribution in [2.24, 2.45) is 5.73 Å². The molecule has 0 saturated heterocycles. The standard InChI is InChI=1S/C17H18N4O4S/c1-9(2)12-6-11(7-13(16(12)22)17(18)23)26(24,25)21-10-3-4-14-15(5-10)20-8-19-14/h3-9,21-22H,1-2H3,(H2,18,23)(H,19,20). The van der Waals surface area contributed by atoms with Crippen molar-refractivity contribution in [2.45, 2.75) is 24.7 Å². The van der Waals surface area contributed by atoms with Crippen LogP contribution >= 0.6 is 0 Å². The topological polar surface area (TPSA) is 138 Å². The third-order valence-corrected chi connectivity index (χ3v) is 5.35. The van der Waals surface area contributed by atoms with Crippen LogP contribution in [0.3, 0.4) is 0 Å². The predicted molar refractivity (Wildman–Crippen MR) is 97.6 cm³/mol. The maximum absolute atomic E-state index is 12.8. The Kier molecular flexibility index (Phi) is 4.33. The van der Waals surface area contributed by atoms with Crippen molar-refractivity contribution < 1.29 is 18.3 Å². The van der Waals surface area contributed by atoms with Gasteiger partial charge in [0.2, 0.25) is 0 Å². The molecule has 3 aromatic rings. The summed E-state index contributed by atoms with van der Waals surface area (Å²) in [5.74, 6) is -1.41. The summed E-state index contributed by atoms with van der Waals surface area (Å²) in [6.45, 7) is 3.55. The summed E-state index contributed by atoms with van der Waals surface area (Å²) in [4.78, 5) is 18.4. The number of imidazole rings is 1. The van der Waals surface area contributed by atoms with Gasteiger partial charge >= 0.3 is 0 Å². The number of nitrogens with zero attached hydrogens (tertiary/aromatic N) is 1. The van der Waals surface area contributed by atoms with Crippen molar-refractivity contribution in [3.05, 3.63) is 47.8 Å². The van der Waals surface area contributed by atoms with Crippen LogP contribution in [0.2, 0.25) is 0 Å². The molecule has 2 aromatic carbocycles. The van der Waals surface area contributed by atoms with E-state index in [-0.39, 0.29) is 22.1 Å². The van der Waals surface area contributed by atoms with Crippen LogP contribution in [0.4, 0.5) is 5.69 Å². The van der Waals surface area contributed by atoms with Gasteiger partial charge in [-0.15, -0.1) is 0 Å². The van der Waals surface area contributed by atoms with E-state index in [1.54, 1.807) is 32.0 Å². The van der Waals surface area contributed by atoms with Crippen molar-refractivity contribution in [1.29, 1.82) is 0 Å². The van der Waals surface area contributed by atoms with E-state index in [2.05, 4.69) is 14.7 Å². The fraction of sp³-hybridized carbons (Fsp3) is 0.176. The number of fused-ring (bicyclic) bond motifs is 1. The summed E-state index contributed by atoms with van der Waals surface area (Å²) in [5.41, 5.74) is 7.06. The average molecular weight is 374 g/mol. The molecular formula is C17H18N4O4S. The van der Waals surface area contributed by atoms with Gasteiger partial charge in [0.05, 0.1) is 33.5 Å². The minimum Gasteiger partial charge on any atom is -0.507 e. The van der Waals surface area contributed by atoms with Crippen molar-refractivity contribution in [2.75, 3.05) is 4.72 Å². The first-order valence-electron chi connectivity index (χ1n) is 7.81. The first-order valence-corrected chi connectivity index (χ1v) is 9.30. The van der Waals surface area contributed by atoms with Gasteiger partial charge in [0.1, 0.15) is 5.75 Å². The number of hydrogen-bond donors (Lipinski definition) is 4. The van der Waals surface area contributed by atoms with Crippen molar-refractivity contribution >= 4 is 32.7 Å². The Morgan fingerprint density at radius 1 is 1.27 bits per heavy atom. The van der Waals surface area contributed by atoms with Crippen LogP contribution in [0.1, 0.15) is 35.7 Å². The van der Waals surface area contributed by atoms with E-state index < -0.39 is 15.9 Å². The Bertz CT molecular complexity index is 1100. The zero-order valence-electron chi connectivity index (χ0n) is 14.1. The largest absolute Gasteiger partial charge is 0.507 e. The number of primary amides is 1. The maximum atomic E-state index is 12.8. The van der Waals surface area contributed by atoms with Crippen LogP contribution in [0.5, 0.6) is 5.75 Å². The number of hydrogen-bond acceptors (Lipinski definition) is 5. The molecule has 0 unspecified atom stereocenters. The van der Waals surface area contributed by atoms with E-state index in [9.17, 15) is 18.3 Å². The third-order valence-electron chi connectivity index (χ3n) is 3.98. The number of carbonyl (C=O) groups is 1. The molecule has 0 aliphatic carbocycles. The number of nitrogens with two attached hydrogens (primary N) is 1. The number of aromatic hydroxyl groups is 1. The Balaban J connectivity index is 2.06. The molecule has 26 heavy (non-hydrogen) atoms. The number of phenols is 1. The molecule has 1 aromatic heterocycles. The van der Waals surface area contributed by atoms with E-state index in [1.165, 1.54) is 12.4 Å². The van der Waals surface area contributed by atoms with Gasteiger partial charge < -0.3 is 15.8 Å². The van der Waals surface area contributed by atoms with Crippen LogP contribution in [0.25, 0.3) is 11.0 Å². The molecular weight excluding hydrogens is 356 g/mol. The summed E-state index contributed by atoms with van der Waals surface area (Å²) >= 11 is 0. The van der Waals surface area contributed by atoms with Crippen molar-refractivity contribution in [3.8, 4) is 5.75 Å². The fourth-order valence-electron chi connectivity index (χ4n) is 2.62. The molecule has 0 fully saturated rings. The first-order chi connectivity index (χ1) is 12.2. The molecule has 0 aliphatic heterocycles. The van der Waals surface area contributed by atoms with Crippen LogP contribution in [0.15, 0.2) is 41.6 Å². The lowest BCUT2D eigenvalue weighted by molar-refractivity contribution is 0.0997. The molecule has 0 aliphatic rings. The van der Waals surface area contributed by atoms with Gasteiger partial charge in [-0.25, -0.2) is 13.4 Å². The number of aromatic amines is 1. The minimum absolute atomic E-state index is 0.157. The molecule has 136 valence electrons. The van der Waals surface area contributed by atoms with Gasteiger partial charge in [-0.1, -0.05) is 13.8 Å². The predicted octanol–water partition coefficient (Wildman–Crippen LogP) is 2.29. The molecule has 0 atom stereocenters. The Morgan fingerprint density at radius 3 is 2.65 bits per heavy atom. The first kappa shape index (κ1) is 17.7. The molecule has 5 N–H and O–H groups in total. The van der Waals surface area contributed by atoms with E-state index in [0.29, 0.717) is 16.8 Å². The highest BCUT2D eigenvalue weighted by molar-refractivity contribution is 7.92. The van der Waals surface area contributed by atoms with Gasteiger partial charge in [0, 0.05) is 0 Å². The summed E-state index contributed by atoms with van der Waals surface area (Å²) in [5, 5.41) is 10.2. The van der Waals surface area contributed by atoms with Gasteiger partial charge in [0.15, 0.2) is 0 Å². The summed E-state index contributed by atoms with van der Waals surface area (Å²) in [6.07, 6.45) is 1.51. The van der Waals surface area contributed by atoms with E-state index in [1.807, 2.05) is 0 Å². The molecule has 1 heterocycles. The number of benzene rings is 2. The lowest BCUT2D eigenvalue weighted by Gasteiger charge is -2.15. The van der Waals surface area contributed by atoms with Crippen molar-refractivity contribution in [1.82, 2.24) is 9.97 Å². The molecule has 0 bridgehead atoms. The molecule has 8 nitrogen and oxygen atoms in total. The fourth-order valence-corrected chi connectivity index (χ4v) is 3.73. The monoisotopic (exact) mass is 374 g/mol. The number of carbonyl (C=O) groups excluding carboxylic acids is 1. The Hall–Kier alpha value is -3.07. The number of H-pyrrole nitrogens is 1. The number of nitrogens with one attached hydrogen (secondary N) is 2. The maximum Gasteiger partial charge on any atom is 0.261 e. The lowest BCUT2D eigenvalue weighted by Crippen LogP contribution is -2.17. The lowest BCUT2D eigenvalue weighted by atomic mass is 9.99. The highest BCUT2D eigenvalue weighted by Gasteiger charge is 2.23. The Morgan fingerprint density at radius 2 is 2.00 bits per heavy atom. The normalized spacial score (nSPS) is 11.8. The zero-order chi connectivity index (χ0) is 19.1. The minimum atomic E-state index is -4.00. The molecule has 0 spiro atoms. The number of rotatable bonds is 5. The van der Waals surface area contributed by atoms with Gasteiger partial charge in [-0.05, 0) is 41.8 Å². The highest BCUT2D eigenvalue weighted by atomic mass is 32.2. The Labute approximate surface area is 150 Å². The molecule has 1 amide bonds. The SMILES string of the molecule is CC(C)c1cc(S(=O)(=O)Nc2ccc3[nH]cnc3c2)cc(C(N)=O)c1O. The van der Waals surface area contributed by atoms with Crippen LogP contribution in [0, 0.1) is 0 Å². The van der Waals surface area contributed by atoms with Crippen LogP contribution in [-0.2, 0) is 10.0 Å². The number of sulfonamides is 1. The van der Waals surface area contributed by atoms with E-state index in [0.717, 1.165) is 11.6 Å². The summed E-state index contributed by atoms with van der Waals surface area (Å²) in [7, 11) is -4.00. The van der Waals surface area contributed by atoms with Crippen LogP contribution < -0.4 is 10.5 Å². The number of aromatic nitrogens is 2. The number of anilines is 1. The molecule has 0 radical (unpaired) electrons. The third kappa shape index (κ3) is 3.21. The second-order valence-corrected chi connectivity index (χ2v) is 7.85.